The number of nitrogens with one attached hydrogen (secondary N) is 1. The number of rotatable bonds is 1. The van der Waals surface area contributed by atoms with Gasteiger partial charge in [-0.1, -0.05) is 0 Å². The molecule has 70 valence electrons. The third kappa shape index (κ3) is 2.14. The summed E-state index contributed by atoms with van der Waals surface area (Å²) < 4.78 is 0. The van der Waals surface area contributed by atoms with E-state index in [4.69, 9.17) is 5.73 Å². The molecule has 1 rings (SSSR count). The van der Waals surface area contributed by atoms with Crippen LogP contribution in [0.2, 0.25) is 0 Å². The smallest absolute Gasteiger partial charge is 0.222 e. The first kappa shape index (κ1) is 9.44. The molecule has 0 spiro atoms. The van der Waals surface area contributed by atoms with Gasteiger partial charge in [0, 0.05) is 6.92 Å². The Labute approximate surface area is 76.4 Å². The summed E-state index contributed by atoms with van der Waals surface area (Å²) in [6.45, 7) is 5.03. The Morgan fingerprint density at radius 1 is 1.31 bits per heavy atom. The van der Waals surface area contributed by atoms with Gasteiger partial charge >= 0.3 is 0 Å². The molecule has 0 saturated heterocycles. The monoisotopic (exact) mass is 180 g/mol. The largest absolute Gasteiger partial charge is 0.381 e. The Kier molecular flexibility index (Phi) is 2.46. The van der Waals surface area contributed by atoms with Gasteiger partial charge < -0.3 is 11.1 Å². The Bertz CT molecular complexity index is 348. The van der Waals surface area contributed by atoms with Crippen molar-refractivity contribution in [2.24, 2.45) is 0 Å². The lowest BCUT2D eigenvalue weighted by atomic mass is 10.3. The maximum absolute atomic E-state index is 10.7. The zero-order valence-corrected chi connectivity index (χ0v) is 7.88. The summed E-state index contributed by atoms with van der Waals surface area (Å²) in [5, 5.41) is 2.50. The van der Waals surface area contributed by atoms with E-state index in [0.29, 0.717) is 5.82 Å². The summed E-state index contributed by atoms with van der Waals surface area (Å²) in [4.78, 5) is 18.8. The van der Waals surface area contributed by atoms with Crippen LogP contribution in [-0.4, -0.2) is 15.9 Å². The first-order valence-electron chi connectivity index (χ1n) is 3.89. The third-order valence-corrected chi connectivity index (χ3v) is 1.63. The summed E-state index contributed by atoms with van der Waals surface area (Å²) >= 11 is 0. The summed E-state index contributed by atoms with van der Waals surface area (Å²) in [6.07, 6.45) is 0. The van der Waals surface area contributed by atoms with Gasteiger partial charge in [0.05, 0.1) is 11.4 Å². The lowest BCUT2D eigenvalue weighted by Gasteiger charge is -2.06. The van der Waals surface area contributed by atoms with E-state index in [0.717, 1.165) is 11.4 Å². The predicted molar refractivity (Wildman–Crippen MR) is 50.2 cm³/mol. The predicted octanol–water partition coefficient (Wildman–Crippen LogP) is 0.634. The number of amides is 1. The fourth-order valence-electron chi connectivity index (χ4n) is 0.879. The van der Waals surface area contributed by atoms with Crippen molar-refractivity contribution in [2.45, 2.75) is 20.8 Å². The zero-order chi connectivity index (χ0) is 10.0. The molecule has 0 unspecified atom stereocenters. The minimum atomic E-state index is -0.204. The molecule has 0 bridgehead atoms. The normalized spacial score (nSPS) is 9.77. The van der Waals surface area contributed by atoms with Gasteiger partial charge in [-0.05, 0) is 13.8 Å². The molecule has 5 heteroatoms. The molecule has 0 fully saturated rings. The van der Waals surface area contributed by atoms with Crippen LogP contribution in [0.25, 0.3) is 0 Å². The summed E-state index contributed by atoms with van der Waals surface area (Å²) in [6, 6.07) is 0. The lowest BCUT2D eigenvalue weighted by Crippen LogP contribution is -2.12. The molecule has 1 aromatic rings. The quantitative estimate of drug-likeness (QED) is 0.664. The summed E-state index contributed by atoms with van der Waals surface area (Å²) in [5.41, 5.74) is 7.08. The van der Waals surface area contributed by atoms with Crippen LogP contribution in [0, 0.1) is 13.8 Å². The molecule has 1 heterocycles. The zero-order valence-electron chi connectivity index (χ0n) is 7.88. The van der Waals surface area contributed by atoms with Crippen molar-refractivity contribution in [1.82, 2.24) is 9.97 Å². The van der Waals surface area contributed by atoms with Crippen LogP contribution < -0.4 is 11.1 Å². The highest BCUT2D eigenvalue weighted by Crippen LogP contribution is 2.14. The molecule has 13 heavy (non-hydrogen) atoms. The van der Waals surface area contributed by atoms with E-state index in [1.807, 2.05) is 13.8 Å². The molecular weight excluding hydrogens is 168 g/mol. The van der Waals surface area contributed by atoms with Crippen LogP contribution in [0.4, 0.5) is 11.6 Å². The molecule has 0 atom stereocenters. The number of nitrogen functional groups attached to an aromatic ring is 1. The van der Waals surface area contributed by atoms with Crippen molar-refractivity contribution < 1.29 is 4.79 Å². The molecule has 0 aliphatic carbocycles. The number of nitrogens with zero attached hydrogens (tertiary/aromatic N) is 2. The van der Waals surface area contributed by atoms with E-state index >= 15 is 0 Å². The highest BCUT2D eigenvalue weighted by molar-refractivity contribution is 5.89. The molecule has 1 amide bonds. The maximum Gasteiger partial charge on any atom is 0.222 e. The third-order valence-electron chi connectivity index (χ3n) is 1.63. The van der Waals surface area contributed by atoms with Gasteiger partial charge in [-0.2, -0.15) is 0 Å². The Morgan fingerprint density at radius 2 is 1.85 bits per heavy atom. The fourth-order valence-corrected chi connectivity index (χ4v) is 0.879. The maximum atomic E-state index is 10.7. The van der Waals surface area contributed by atoms with Crippen LogP contribution in [0.5, 0.6) is 0 Å². The van der Waals surface area contributed by atoms with Gasteiger partial charge in [-0.3, -0.25) is 4.79 Å². The topological polar surface area (TPSA) is 80.9 Å². The van der Waals surface area contributed by atoms with Crippen molar-refractivity contribution in [2.75, 3.05) is 11.1 Å². The van der Waals surface area contributed by atoms with Crippen molar-refractivity contribution in [3.63, 3.8) is 0 Å². The van der Waals surface area contributed by atoms with Crippen molar-refractivity contribution in [1.29, 1.82) is 0 Å². The van der Waals surface area contributed by atoms with E-state index in [2.05, 4.69) is 15.3 Å². The molecule has 0 aliphatic heterocycles. The van der Waals surface area contributed by atoms with E-state index in [-0.39, 0.29) is 11.7 Å². The van der Waals surface area contributed by atoms with Crippen LogP contribution >= 0.6 is 0 Å². The van der Waals surface area contributed by atoms with E-state index in [1.165, 1.54) is 6.92 Å². The van der Waals surface area contributed by atoms with Gasteiger partial charge in [0.2, 0.25) is 5.91 Å². The molecule has 1 aromatic heterocycles. The molecule has 3 N–H and O–H groups in total. The van der Waals surface area contributed by atoms with E-state index < -0.39 is 0 Å². The molecule has 0 aromatic carbocycles. The van der Waals surface area contributed by atoms with Crippen LogP contribution in [0.3, 0.4) is 0 Å². The number of hydrogen-bond donors (Lipinski definition) is 2. The van der Waals surface area contributed by atoms with Crippen LogP contribution in [-0.2, 0) is 4.79 Å². The molecule has 0 radical (unpaired) electrons. The molecule has 0 aliphatic rings. The average molecular weight is 180 g/mol. The Balaban J connectivity index is 3.08. The molecular formula is C8H12N4O. The standard InChI is InChI=1S/C8H12N4O/c1-4-5(2)11-8(7(9)10-4)12-6(3)13/h1-3H3,(H2,9,10)(H,11,12,13). The highest BCUT2D eigenvalue weighted by atomic mass is 16.1. The van der Waals surface area contributed by atoms with Gasteiger partial charge in [-0.15, -0.1) is 0 Å². The van der Waals surface area contributed by atoms with Crippen LogP contribution in [0.1, 0.15) is 18.3 Å². The van der Waals surface area contributed by atoms with E-state index in [9.17, 15) is 4.79 Å². The minimum absolute atomic E-state index is 0.204. The van der Waals surface area contributed by atoms with Crippen molar-refractivity contribution in [3.8, 4) is 0 Å². The lowest BCUT2D eigenvalue weighted by molar-refractivity contribution is -0.114. The summed E-state index contributed by atoms with van der Waals surface area (Å²) in [5.74, 6) is 0.373. The Morgan fingerprint density at radius 3 is 2.38 bits per heavy atom. The van der Waals surface area contributed by atoms with E-state index in [1.54, 1.807) is 0 Å². The SMILES string of the molecule is CC(=O)Nc1nc(C)c(C)nc1N. The van der Waals surface area contributed by atoms with Gasteiger partial charge in [0.1, 0.15) is 0 Å². The van der Waals surface area contributed by atoms with Crippen molar-refractivity contribution in [3.05, 3.63) is 11.4 Å². The second kappa shape index (κ2) is 3.38. The second-order valence-corrected chi connectivity index (χ2v) is 2.81. The molecule has 0 saturated carbocycles. The fraction of sp³-hybridized carbons (Fsp3) is 0.375. The minimum Gasteiger partial charge on any atom is -0.381 e. The number of aryl methyl sites for hydroxylation is 2. The molecule has 5 nitrogen and oxygen atoms in total. The summed E-state index contributed by atoms with van der Waals surface area (Å²) in [7, 11) is 0. The van der Waals surface area contributed by atoms with Gasteiger partial charge in [0.15, 0.2) is 11.6 Å². The van der Waals surface area contributed by atoms with Gasteiger partial charge in [-0.25, -0.2) is 9.97 Å². The number of anilines is 2. The number of carbonyl (C=O) groups is 1. The Hall–Kier alpha value is -1.65. The highest BCUT2D eigenvalue weighted by Gasteiger charge is 2.06. The first-order valence-corrected chi connectivity index (χ1v) is 3.89. The number of carbonyl (C=O) groups excluding carboxylic acids is 1. The number of aromatic nitrogens is 2. The first-order chi connectivity index (χ1) is 6.00. The average Bonchev–Trinajstić information content (AvgIpc) is 1.99. The van der Waals surface area contributed by atoms with Gasteiger partial charge in [0.25, 0.3) is 0 Å². The number of hydrogen-bond acceptors (Lipinski definition) is 4. The van der Waals surface area contributed by atoms with Crippen molar-refractivity contribution >= 4 is 17.5 Å². The van der Waals surface area contributed by atoms with Crippen LogP contribution in [0.15, 0.2) is 0 Å². The second-order valence-electron chi connectivity index (χ2n) is 2.81. The number of nitrogens with two attached hydrogens (primary N) is 1.